The Morgan fingerprint density at radius 1 is 1.15 bits per heavy atom. The fraction of sp³-hybridized carbons (Fsp3) is 0.188. The first-order chi connectivity index (χ1) is 9.51. The van der Waals surface area contributed by atoms with Crippen molar-refractivity contribution in [2.45, 2.75) is 13.8 Å². The number of phenols is 1. The Morgan fingerprint density at radius 3 is 2.60 bits per heavy atom. The summed E-state index contributed by atoms with van der Waals surface area (Å²) in [4.78, 5) is 3.96. The standard InChI is InChI=1S/C16H17FNOP/c1-10-6-11(2)16(19)15(7-10)20-14-5-4-13(17)8-12(14)9-18-3/h4-9,19-20H,1-3H3. The maximum Gasteiger partial charge on any atom is 0.126 e. The monoisotopic (exact) mass is 289 g/mol. The van der Waals surface area contributed by atoms with E-state index in [4.69, 9.17) is 0 Å². The molecule has 0 aromatic heterocycles. The molecule has 0 radical (unpaired) electrons. The molecule has 4 heteroatoms. The Balaban J connectivity index is 2.45. The van der Waals surface area contributed by atoms with Crippen LogP contribution in [0.4, 0.5) is 4.39 Å². The van der Waals surface area contributed by atoms with Gasteiger partial charge in [0.2, 0.25) is 0 Å². The number of hydrogen-bond acceptors (Lipinski definition) is 2. The van der Waals surface area contributed by atoms with Gasteiger partial charge >= 0.3 is 0 Å². The third kappa shape index (κ3) is 3.23. The Kier molecular flexibility index (Phi) is 4.51. The van der Waals surface area contributed by atoms with Gasteiger partial charge in [0.25, 0.3) is 0 Å². The van der Waals surface area contributed by atoms with Crippen molar-refractivity contribution >= 4 is 25.4 Å². The summed E-state index contributed by atoms with van der Waals surface area (Å²) < 4.78 is 13.3. The van der Waals surface area contributed by atoms with Crippen LogP contribution in [0.3, 0.4) is 0 Å². The highest BCUT2D eigenvalue weighted by molar-refractivity contribution is 7.56. The first-order valence-electron chi connectivity index (χ1n) is 6.30. The molecule has 2 aromatic rings. The maximum absolute atomic E-state index is 13.3. The van der Waals surface area contributed by atoms with Crippen LogP contribution in [0.5, 0.6) is 5.75 Å². The molecule has 1 atom stereocenters. The Hall–Kier alpha value is -1.73. The predicted octanol–water partition coefficient (Wildman–Crippen LogP) is 2.83. The topological polar surface area (TPSA) is 32.6 Å². The lowest BCUT2D eigenvalue weighted by atomic mass is 10.1. The lowest BCUT2D eigenvalue weighted by molar-refractivity contribution is 0.475. The molecule has 104 valence electrons. The lowest BCUT2D eigenvalue weighted by Gasteiger charge is -2.11. The molecular weight excluding hydrogens is 272 g/mol. The number of benzene rings is 2. The van der Waals surface area contributed by atoms with Gasteiger partial charge in [0.05, 0.1) is 0 Å². The number of hydrogen-bond donors (Lipinski definition) is 1. The fourth-order valence-electron chi connectivity index (χ4n) is 2.09. The summed E-state index contributed by atoms with van der Waals surface area (Å²) in [7, 11) is 1.92. The first-order valence-corrected chi connectivity index (χ1v) is 7.30. The minimum Gasteiger partial charge on any atom is -0.507 e. The quantitative estimate of drug-likeness (QED) is 0.684. The van der Waals surface area contributed by atoms with Crippen molar-refractivity contribution < 1.29 is 9.50 Å². The van der Waals surface area contributed by atoms with E-state index in [1.54, 1.807) is 19.3 Å². The number of aryl methyl sites for hydroxylation is 2. The summed E-state index contributed by atoms with van der Waals surface area (Å²) in [6.45, 7) is 3.88. The van der Waals surface area contributed by atoms with Gasteiger partial charge in [-0.1, -0.05) is 20.7 Å². The van der Waals surface area contributed by atoms with E-state index in [0.29, 0.717) is 5.75 Å². The zero-order valence-corrected chi connectivity index (χ0v) is 12.7. The highest BCUT2D eigenvalue weighted by atomic mass is 31.1. The highest BCUT2D eigenvalue weighted by Gasteiger charge is 2.09. The number of halogens is 1. The molecule has 1 N–H and O–H groups in total. The molecule has 0 fully saturated rings. The first kappa shape index (κ1) is 14.7. The van der Waals surface area contributed by atoms with E-state index in [9.17, 15) is 9.50 Å². The number of aliphatic imine (C=N–C) groups is 1. The van der Waals surface area contributed by atoms with Crippen LogP contribution in [0.25, 0.3) is 0 Å². The van der Waals surface area contributed by atoms with Gasteiger partial charge in [-0.2, -0.15) is 0 Å². The van der Waals surface area contributed by atoms with E-state index in [1.165, 1.54) is 12.1 Å². The summed E-state index contributed by atoms with van der Waals surface area (Å²) in [6.07, 6.45) is 1.64. The van der Waals surface area contributed by atoms with Crippen molar-refractivity contribution in [3.8, 4) is 5.75 Å². The van der Waals surface area contributed by atoms with Gasteiger partial charge < -0.3 is 5.11 Å². The van der Waals surface area contributed by atoms with Gasteiger partial charge in [0.1, 0.15) is 11.6 Å². The molecule has 2 aromatic carbocycles. The van der Waals surface area contributed by atoms with Gasteiger partial charge in [-0.05, 0) is 48.5 Å². The van der Waals surface area contributed by atoms with Crippen LogP contribution < -0.4 is 10.6 Å². The van der Waals surface area contributed by atoms with Crippen molar-refractivity contribution in [1.29, 1.82) is 0 Å². The van der Waals surface area contributed by atoms with E-state index in [-0.39, 0.29) is 14.4 Å². The molecule has 0 spiro atoms. The summed E-state index contributed by atoms with van der Waals surface area (Å²) in [5, 5.41) is 12.0. The van der Waals surface area contributed by atoms with Gasteiger partial charge in [0.15, 0.2) is 0 Å². The van der Waals surface area contributed by atoms with Crippen molar-refractivity contribution in [3.05, 3.63) is 52.8 Å². The van der Waals surface area contributed by atoms with E-state index >= 15 is 0 Å². The van der Waals surface area contributed by atoms with E-state index in [2.05, 4.69) is 4.99 Å². The second kappa shape index (κ2) is 6.15. The molecule has 0 aliphatic rings. The fourth-order valence-corrected chi connectivity index (χ4v) is 3.45. The molecule has 20 heavy (non-hydrogen) atoms. The zero-order valence-electron chi connectivity index (χ0n) is 11.7. The number of phenolic OH excluding ortho intramolecular Hbond substituents is 1. The summed E-state index contributed by atoms with van der Waals surface area (Å²) in [5.74, 6) is 0.0377. The Morgan fingerprint density at radius 2 is 1.90 bits per heavy atom. The Bertz CT molecular complexity index is 668. The van der Waals surface area contributed by atoms with Crippen LogP contribution in [0.15, 0.2) is 35.3 Å². The van der Waals surface area contributed by atoms with E-state index < -0.39 is 0 Å². The van der Waals surface area contributed by atoms with E-state index in [1.807, 2.05) is 26.0 Å². The van der Waals surface area contributed by atoms with Crippen molar-refractivity contribution in [3.63, 3.8) is 0 Å². The Labute approximate surface area is 120 Å². The highest BCUT2D eigenvalue weighted by Crippen LogP contribution is 2.24. The largest absolute Gasteiger partial charge is 0.507 e. The van der Waals surface area contributed by atoms with Crippen LogP contribution in [0, 0.1) is 19.7 Å². The van der Waals surface area contributed by atoms with Crippen LogP contribution in [0.2, 0.25) is 0 Å². The second-order valence-electron chi connectivity index (χ2n) is 4.72. The second-order valence-corrected chi connectivity index (χ2v) is 6.05. The van der Waals surface area contributed by atoms with Gasteiger partial charge in [0, 0.05) is 24.1 Å². The van der Waals surface area contributed by atoms with Gasteiger partial charge in [-0.3, -0.25) is 4.99 Å². The van der Waals surface area contributed by atoms with Crippen LogP contribution >= 0.6 is 8.58 Å². The number of aromatic hydroxyl groups is 1. The van der Waals surface area contributed by atoms with Gasteiger partial charge in [-0.15, -0.1) is 0 Å². The molecule has 0 bridgehead atoms. The third-order valence-electron chi connectivity index (χ3n) is 3.00. The molecule has 1 unspecified atom stereocenters. The number of rotatable bonds is 3. The normalized spacial score (nSPS) is 11.8. The molecule has 0 saturated heterocycles. The minimum absolute atomic E-state index is 0.265. The summed E-state index contributed by atoms with van der Waals surface area (Å²) in [5.41, 5.74) is 2.72. The minimum atomic E-state index is -0.280. The zero-order chi connectivity index (χ0) is 14.7. The van der Waals surface area contributed by atoms with Gasteiger partial charge in [-0.25, -0.2) is 4.39 Å². The molecule has 0 aliphatic carbocycles. The van der Waals surface area contributed by atoms with Crippen molar-refractivity contribution in [1.82, 2.24) is 0 Å². The molecule has 0 heterocycles. The summed E-state index contributed by atoms with van der Waals surface area (Å²) >= 11 is 0. The van der Waals surface area contributed by atoms with Crippen LogP contribution in [0.1, 0.15) is 16.7 Å². The molecule has 2 nitrogen and oxygen atoms in total. The molecule has 0 amide bonds. The molecule has 0 aliphatic heterocycles. The van der Waals surface area contributed by atoms with Crippen molar-refractivity contribution in [2.24, 2.45) is 4.99 Å². The average Bonchev–Trinajstić information content (AvgIpc) is 2.38. The van der Waals surface area contributed by atoms with Crippen LogP contribution in [-0.4, -0.2) is 18.4 Å². The van der Waals surface area contributed by atoms with Crippen molar-refractivity contribution in [2.75, 3.05) is 7.05 Å². The molecule has 2 rings (SSSR count). The number of nitrogens with zero attached hydrogens (tertiary/aromatic N) is 1. The molecule has 0 saturated carbocycles. The maximum atomic E-state index is 13.3. The predicted molar refractivity (Wildman–Crippen MR) is 85.1 cm³/mol. The SMILES string of the molecule is CN=Cc1cc(F)ccc1Pc1cc(C)cc(C)c1O. The summed E-state index contributed by atoms with van der Waals surface area (Å²) in [6, 6.07) is 8.57. The average molecular weight is 289 g/mol. The van der Waals surface area contributed by atoms with E-state index in [0.717, 1.165) is 27.3 Å². The van der Waals surface area contributed by atoms with Crippen LogP contribution in [-0.2, 0) is 0 Å². The third-order valence-corrected chi connectivity index (χ3v) is 4.37. The molecular formula is C16H17FNOP. The lowest BCUT2D eigenvalue weighted by Crippen LogP contribution is -2.11. The smallest absolute Gasteiger partial charge is 0.126 e.